The van der Waals surface area contributed by atoms with Gasteiger partial charge in [0.1, 0.15) is 12.7 Å². The van der Waals surface area contributed by atoms with Crippen molar-refractivity contribution >= 4 is 19.8 Å². The van der Waals surface area contributed by atoms with Crippen molar-refractivity contribution in [2.24, 2.45) is 0 Å². The first-order valence-electron chi connectivity index (χ1n) is 21.1. The summed E-state index contributed by atoms with van der Waals surface area (Å²) < 4.78 is 32.5. The Morgan fingerprint density at radius 2 is 1.20 bits per heavy atom. The van der Waals surface area contributed by atoms with Crippen LogP contribution < -0.4 is 0 Å². The molecule has 0 aliphatic heterocycles. The van der Waals surface area contributed by atoms with E-state index in [0.29, 0.717) is 32.1 Å². The molecule has 0 spiro atoms. The summed E-state index contributed by atoms with van der Waals surface area (Å²) in [4.78, 5) is 34.9. The van der Waals surface area contributed by atoms with Gasteiger partial charge in [-0.25, -0.2) is 4.57 Å². The molecule has 0 bridgehead atoms. The zero-order valence-electron chi connectivity index (χ0n) is 35.4. The van der Waals surface area contributed by atoms with Gasteiger partial charge in [-0.05, 0) is 77.0 Å². The summed E-state index contributed by atoms with van der Waals surface area (Å²) in [5.74, 6) is -1.17. The van der Waals surface area contributed by atoms with Gasteiger partial charge in [0.15, 0.2) is 6.10 Å². The number of rotatable bonds is 37. The van der Waals surface area contributed by atoms with E-state index < -0.39 is 70.6 Å². The van der Waals surface area contributed by atoms with Crippen molar-refractivity contribution in [1.29, 1.82) is 0 Å². The van der Waals surface area contributed by atoms with E-state index in [1.807, 2.05) is 49.5 Å². The molecule has 0 aromatic rings. The zero-order chi connectivity index (χ0) is 43.7. The lowest BCUT2D eigenvalue weighted by atomic mass is 10.1. The van der Waals surface area contributed by atoms with Crippen LogP contribution in [0.3, 0.4) is 0 Å². The number of unbranched alkanes of at least 4 members (excludes halogenated alkanes) is 6. The fourth-order valence-corrected chi connectivity index (χ4v) is 5.59. The van der Waals surface area contributed by atoms with E-state index in [9.17, 15) is 34.4 Å². The standard InChI is InChI=1S/C46H73O12P/c1-3-5-7-8-9-10-11-12-13-14-15-16-20-23-29-35-45(51)55-39-44(40-57-59(53,54)56-38-43(50)37-47)58-46(52)36-30-24-28-34-42(49)33-27-22-19-17-18-21-26-32-41(48)31-25-6-4-2/h6,9-10,12-13,15-16,18-19,21-22,25-28,32-34,41-44,47-50H,3-5,7-8,11,14,17,20,23-24,29-31,35-40H2,1-2H3,(H,53,54)/b10-9-,13-12-,16-15-,21-18-,22-19-,25-6-,32-26+,33-27+,34-28-/t41-,42-,43-,44+/m0/s1. The SMILES string of the molecule is CC/C=C\C[C@H](O)/C=C/C=C\C/C=C\C=C\[C@H](O)/C=C\CCCC(=O)O[C@H](COC(=O)CCCC/C=C\C/C=C\C/C=C\CCCCC)COP(=O)(O)OC[C@@H](O)CO. The normalized spacial score (nSPS) is 16.0. The van der Waals surface area contributed by atoms with E-state index in [1.165, 1.54) is 19.3 Å². The minimum absolute atomic E-state index is 0.0174. The van der Waals surface area contributed by atoms with E-state index in [2.05, 4.69) is 47.9 Å². The summed E-state index contributed by atoms with van der Waals surface area (Å²) in [6.07, 6.45) is 42.7. The molecule has 334 valence electrons. The molecular formula is C46H73O12P. The molecule has 1 unspecified atom stereocenters. The summed E-state index contributed by atoms with van der Waals surface area (Å²) in [5, 5.41) is 38.3. The van der Waals surface area contributed by atoms with Gasteiger partial charge in [0.25, 0.3) is 0 Å². The number of carbonyl (C=O) groups is 2. The predicted molar refractivity (Wildman–Crippen MR) is 235 cm³/mol. The highest BCUT2D eigenvalue weighted by Crippen LogP contribution is 2.43. The molecule has 0 saturated carbocycles. The van der Waals surface area contributed by atoms with E-state index in [-0.39, 0.29) is 12.8 Å². The molecule has 0 amide bonds. The quantitative estimate of drug-likeness (QED) is 0.0131. The van der Waals surface area contributed by atoms with Crippen LogP contribution in [0.15, 0.2) is 109 Å². The number of phosphoric ester groups is 1. The van der Waals surface area contributed by atoms with Gasteiger partial charge in [-0.2, -0.15) is 0 Å². The highest BCUT2D eigenvalue weighted by Gasteiger charge is 2.27. The summed E-state index contributed by atoms with van der Waals surface area (Å²) in [6, 6.07) is 0. The van der Waals surface area contributed by atoms with Gasteiger partial charge in [0, 0.05) is 12.8 Å². The smallest absolute Gasteiger partial charge is 0.462 e. The van der Waals surface area contributed by atoms with Crippen molar-refractivity contribution in [1.82, 2.24) is 0 Å². The lowest BCUT2D eigenvalue weighted by Gasteiger charge is -2.20. The number of allylic oxidation sites excluding steroid dienone is 14. The molecule has 0 heterocycles. The fraction of sp³-hybridized carbons (Fsp3) is 0.565. The second-order valence-electron chi connectivity index (χ2n) is 13.7. The van der Waals surface area contributed by atoms with E-state index in [1.54, 1.807) is 30.4 Å². The second-order valence-corrected chi connectivity index (χ2v) is 15.1. The third kappa shape index (κ3) is 39.8. The van der Waals surface area contributed by atoms with Crippen LogP contribution in [0.2, 0.25) is 0 Å². The van der Waals surface area contributed by atoms with E-state index in [0.717, 1.165) is 38.5 Å². The van der Waals surface area contributed by atoms with Gasteiger partial charge in [-0.3, -0.25) is 18.6 Å². The van der Waals surface area contributed by atoms with Gasteiger partial charge in [0.2, 0.25) is 0 Å². The molecule has 0 aliphatic rings. The van der Waals surface area contributed by atoms with Crippen molar-refractivity contribution in [3.8, 4) is 0 Å². The minimum atomic E-state index is -4.69. The molecule has 12 nitrogen and oxygen atoms in total. The van der Waals surface area contributed by atoms with Crippen LogP contribution in [0.1, 0.15) is 117 Å². The Morgan fingerprint density at radius 1 is 0.610 bits per heavy atom. The molecule has 59 heavy (non-hydrogen) atoms. The fourth-order valence-electron chi connectivity index (χ4n) is 4.80. The number of esters is 2. The van der Waals surface area contributed by atoms with Crippen LogP contribution in [-0.4, -0.2) is 88.1 Å². The van der Waals surface area contributed by atoms with Gasteiger partial charge in [0.05, 0.1) is 32.0 Å². The monoisotopic (exact) mass is 848 g/mol. The molecule has 0 fully saturated rings. The van der Waals surface area contributed by atoms with Crippen molar-refractivity contribution in [2.45, 2.75) is 141 Å². The number of phosphoric acid groups is 1. The number of carbonyl (C=O) groups excluding carboxylic acids is 2. The van der Waals surface area contributed by atoms with Crippen molar-refractivity contribution in [3.05, 3.63) is 109 Å². The molecule has 0 aromatic carbocycles. The Morgan fingerprint density at radius 3 is 1.86 bits per heavy atom. The maximum Gasteiger partial charge on any atom is 0.472 e. The molecule has 0 rings (SSSR count). The summed E-state index contributed by atoms with van der Waals surface area (Å²) in [6.45, 7) is 1.85. The maximum atomic E-state index is 12.6. The first kappa shape index (κ1) is 55.5. The Bertz CT molecular complexity index is 1380. The number of ether oxygens (including phenoxy) is 2. The molecule has 0 saturated heterocycles. The second kappa shape index (κ2) is 40.0. The average Bonchev–Trinajstić information content (AvgIpc) is 3.21. The summed E-state index contributed by atoms with van der Waals surface area (Å²) >= 11 is 0. The Labute approximate surface area is 353 Å². The predicted octanol–water partition coefficient (Wildman–Crippen LogP) is 8.94. The van der Waals surface area contributed by atoms with Gasteiger partial charge < -0.3 is 34.8 Å². The number of aliphatic hydroxyl groups excluding tert-OH is 4. The first-order chi connectivity index (χ1) is 28.5. The zero-order valence-corrected chi connectivity index (χ0v) is 36.3. The third-order valence-electron chi connectivity index (χ3n) is 8.09. The summed E-state index contributed by atoms with van der Waals surface area (Å²) in [5.41, 5.74) is 0. The van der Waals surface area contributed by atoms with Gasteiger partial charge in [-0.1, -0.05) is 136 Å². The molecule has 0 aromatic heterocycles. The maximum absolute atomic E-state index is 12.6. The Balaban J connectivity index is 4.67. The largest absolute Gasteiger partial charge is 0.472 e. The molecule has 0 radical (unpaired) electrons. The van der Waals surface area contributed by atoms with Gasteiger partial charge in [-0.15, -0.1) is 0 Å². The van der Waals surface area contributed by atoms with Crippen molar-refractivity contribution in [3.63, 3.8) is 0 Å². The highest BCUT2D eigenvalue weighted by atomic mass is 31.2. The lowest BCUT2D eigenvalue weighted by molar-refractivity contribution is -0.161. The number of hydrogen-bond donors (Lipinski definition) is 5. The average molecular weight is 849 g/mol. The lowest BCUT2D eigenvalue weighted by Crippen LogP contribution is -2.29. The topological polar surface area (TPSA) is 189 Å². The number of aliphatic hydroxyl groups is 4. The van der Waals surface area contributed by atoms with E-state index >= 15 is 0 Å². The first-order valence-corrected chi connectivity index (χ1v) is 22.6. The van der Waals surface area contributed by atoms with Crippen LogP contribution in [0.4, 0.5) is 0 Å². The van der Waals surface area contributed by atoms with Crippen LogP contribution in [0, 0.1) is 0 Å². The van der Waals surface area contributed by atoms with Crippen LogP contribution in [0.25, 0.3) is 0 Å². The molecule has 5 atom stereocenters. The molecule has 5 N–H and O–H groups in total. The summed E-state index contributed by atoms with van der Waals surface area (Å²) in [7, 11) is -4.69. The van der Waals surface area contributed by atoms with E-state index in [4.69, 9.17) is 19.1 Å². The van der Waals surface area contributed by atoms with Crippen LogP contribution in [-0.2, 0) is 32.7 Å². The Hall–Kier alpha value is -3.45. The number of hydrogen-bond acceptors (Lipinski definition) is 11. The third-order valence-corrected chi connectivity index (χ3v) is 9.04. The van der Waals surface area contributed by atoms with Gasteiger partial charge >= 0.3 is 19.8 Å². The Kier molecular flexibility index (Phi) is 37.6. The molecule has 13 heteroatoms. The van der Waals surface area contributed by atoms with Crippen molar-refractivity contribution in [2.75, 3.05) is 26.4 Å². The van der Waals surface area contributed by atoms with Crippen molar-refractivity contribution < 1.29 is 58.0 Å². The highest BCUT2D eigenvalue weighted by molar-refractivity contribution is 7.47. The molecular weight excluding hydrogens is 775 g/mol. The van der Waals surface area contributed by atoms with Crippen LogP contribution in [0.5, 0.6) is 0 Å². The molecule has 0 aliphatic carbocycles. The minimum Gasteiger partial charge on any atom is -0.462 e. The van der Waals surface area contributed by atoms with Crippen LogP contribution >= 0.6 is 7.82 Å².